The van der Waals surface area contributed by atoms with Gasteiger partial charge in [-0.3, -0.25) is 0 Å². The Morgan fingerprint density at radius 1 is 1.39 bits per heavy atom. The SMILES string of the molecule is CNc1cn2ccnc2c(NCCCCOC)n1. The number of imidazole rings is 1. The second-order valence-corrected chi connectivity index (χ2v) is 4.01. The number of hydrogen-bond donors (Lipinski definition) is 2. The zero-order chi connectivity index (χ0) is 12.8. The molecule has 0 amide bonds. The monoisotopic (exact) mass is 249 g/mol. The summed E-state index contributed by atoms with van der Waals surface area (Å²) >= 11 is 0. The molecule has 0 unspecified atom stereocenters. The zero-order valence-corrected chi connectivity index (χ0v) is 10.8. The number of fused-ring (bicyclic) bond motifs is 1. The van der Waals surface area contributed by atoms with Gasteiger partial charge in [0, 0.05) is 39.7 Å². The fourth-order valence-electron chi connectivity index (χ4n) is 1.75. The van der Waals surface area contributed by atoms with Gasteiger partial charge in [0.05, 0.1) is 6.20 Å². The molecule has 0 aliphatic heterocycles. The smallest absolute Gasteiger partial charge is 0.180 e. The maximum absolute atomic E-state index is 5.02. The molecule has 18 heavy (non-hydrogen) atoms. The Labute approximate surface area is 106 Å². The van der Waals surface area contributed by atoms with E-state index in [2.05, 4.69) is 20.6 Å². The normalized spacial score (nSPS) is 10.8. The Hall–Kier alpha value is -1.82. The molecule has 6 heteroatoms. The van der Waals surface area contributed by atoms with Crippen molar-refractivity contribution in [2.24, 2.45) is 0 Å². The number of rotatable bonds is 7. The second-order valence-electron chi connectivity index (χ2n) is 4.01. The van der Waals surface area contributed by atoms with E-state index in [9.17, 15) is 0 Å². The summed E-state index contributed by atoms with van der Waals surface area (Å²) in [6, 6.07) is 0. The molecular weight excluding hydrogens is 230 g/mol. The second kappa shape index (κ2) is 6.20. The Balaban J connectivity index is 2.04. The molecule has 0 fully saturated rings. The number of anilines is 2. The van der Waals surface area contributed by atoms with Gasteiger partial charge < -0.3 is 19.8 Å². The zero-order valence-electron chi connectivity index (χ0n) is 10.8. The van der Waals surface area contributed by atoms with Crippen LogP contribution < -0.4 is 10.6 Å². The lowest BCUT2D eigenvalue weighted by Crippen LogP contribution is -2.08. The maximum Gasteiger partial charge on any atom is 0.180 e. The minimum Gasteiger partial charge on any atom is -0.385 e. The third-order valence-electron chi connectivity index (χ3n) is 2.70. The molecule has 0 atom stereocenters. The van der Waals surface area contributed by atoms with Crippen molar-refractivity contribution in [3.8, 4) is 0 Å². The quantitative estimate of drug-likeness (QED) is 0.730. The topological polar surface area (TPSA) is 63.5 Å². The highest BCUT2D eigenvalue weighted by atomic mass is 16.5. The molecule has 6 nitrogen and oxygen atoms in total. The average molecular weight is 249 g/mol. The predicted octanol–water partition coefficient (Wildman–Crippen LogP) is 1.61. The van der Waals surface area contributed by atoms with E-state index < -0.39 is 0 Å². The molecule has 0 saturated heterocycles. The largest absolute Gasteiger partial charge is 0.385 e. The Morgan fingerprint density at radius 3 is 3.06 bits per heavy atom. The van der Waals surface area contributed by atoms with E-state index in [-0.39, 0.29) is 0 Å². The van der Waals surface area contributed by atoms with E-state index in [1.165, 1.54) is 0 Å². The molecule has 0 aliphatic carbocycles. The molecule has 0 spiro atoms. The summed E-state index contributed by atoms with van der Waals surface area (Å²) in [7, 11) is 3.58. The molecule has 0 bridgehead atoms. The van der Waals surface area contributed by atoms with Gasteiger partial charge in [-0.15, -0.1) is 0 Å². The number of nitrogens with one attached hydrogen (secondary N) is 2. The standard InChI is InChI=1S/C12H19N5O/c1-13-10-9-17-7-6-15-12(17)11(16-10)14-5-3-4-8-18-2/h6-7,9,13H,3-5,8H2,1-2H3,(H,14,16). The lowest BCUT2D eigenvalue weighted by atomic mass is 10.3. The van der Waals surface area contributed by atoms with Crippen molar-refractivity contribution >= 4 is 17.3 Å². The molecule has 0 radical (unpaired) electrons. The van der Waals surface area contributed by atoms with Crippen LogP contribution in [0.3, 0.4) is 0 Å². The average Bonchev–Trinajstić information content (AvgIpc) is 2.86. The third-order valence-corrected chi connectivity index (χ3v) is 2.70. The summed E-state index contributed by atoms with van der Waals surface area (Å²) < 4.78 is 6.97. The first kappa shape index (κ1) is 12.6. The predicted molar refractivity (Wildman–Crippen MR) is 72.1 cm³/mol. The summed E-state index contributed by atoms with van der Waals surface area (Å²) in [6.07, 6.45) is 7.69. The Bertz CT molecular complexity index is 496. The molecule has 2 aromatic rings. The molecule has 2 rings (SSSR count). The first-order chi connectivity index (χ1) is 8.85. The van der Waals surface area contributed by atoms with Crippen molar-refractivity contribution in [2.75, 3.05) is 37.9 Å². The number of nitrogens with zero attached hydrogens (tertiary/aromatic N) is 3. The van der Waals surface area contributed by atoms with Crippen molar-refractivity contribution in [3.63, 3.8) is 0 Å². The van der Waals surface area contributed by atoms with Crippen LogP contribution in [0.25, 0.3) is 5.65 Å². The van der Waals surface area contributed by atoms with Crippen molar-refractivity contribution in [1.82, 2.24) is 14.4 Å². The summed E-state index contributed by atoms with van der Waals surface area (Å²) in [4.78, 5) is 8.77. The van der Waals surface area contributed by atoms with E-state index in [1.54, 1.807) is 13.3 Å². The lowest BCUT2D eigenvalue weighted by molar-refractivity contribution is 0.194. The van der Waals surface area contributed by atoms with Crippen LogP contribution >= 0.6 is 0 Å². The van der Waals surface area contributed by atoms with Crippen molar-refractivity contribution in [3.05, 3.63) is 18.6 Å². The van der Waals surface area contributed by atoms with Crippen molar-refractivity contribution in [2.45, 2.75) is 12.8 Å². The van der Waals surface area contributed by atoms with Gasteiger partial charge in [0.2, 0.25) is 0 Å². The van der Waals surface area contributed by atoms with Crippen LogP contribution in [0.4, 0.5) is 11.6 Å². The van der Waals surface area contributed by atoms with Gasteiger partial charge in [-0.25, -0.2) is 9.97 Å². The molecule has 2 N–H and O–H groups in total. The molecule has 0 aromatic carbocycles. The third kappa shape index (κ3) is 2.89. The highest BCUT2D eigenvalue weighted by molar-refractivity contribution is 5.65. The first-order valence-electron chi connectivity index (χ1n) is 6.09. The maximum atomic E-state index is 5.02. The van der Waals surface area contributed by atoms with E-state index in [0.717, 1.165) is 43.3 Å². The van der Waals surface area contributed by atoms with Crippen LogP contribution in [-0.2, 0) is 4.74 Å². The lowest BCUT2D eigenvalue weighted by Gasteiger charge is -2.09. The van der Waals surface area contributed by atoms with Crippen LogP contribution in [0, 0.1) is 0 Å². The summed E-state index contributed by atoms with van der Waals surface area (Å²) in [5.74, 6) is 1.63. The van der Waals surface area contributed by atoms with Crippen LogP contribution in [0.5, 0.6) is 0 Å². The minimum atomic E-state index is 0.796. The molecule has 0 saturated carbocycles. The highest BCUT2D eigenvalue weighted by Gasteiger charge is 2.05. The summed E-state index contributed by atoms with van der Waals surface area (Å²) in [5, 5.41) is 6.36. The minimum absolute atomic E-state index is 0.796. The van der Waals surface area contributed by atoms with Crippen LogP contribution in [0.1, 0.15) is 12.8 Å². The van der Waals surface area contributed by atoms with Crippen molar-refractivity contribution < 1.29 is 4.74 Å². The molecule has 98 valence electrons. The van der Waals surface area contributed by atoms with Gasteiger partial charge >= 0.3 is 0 Å². The van der Waals surface area contributed by atoms with Crippen molar-refractivity contribution in [1.29, 1.82) is 0 Å². The van der Waals surface area contributed by atoms with Gasteiger partial charge in [-0.05, 0) is 12.8 Å². The fourth-order valence-corrected chi connectivity index (χ4v) is 1.75. The Morgan fingerprint density at radius 2 is 2.28 bits per heavy atom. The summed E-state index contributed by atoms with van der Waals surface area (Å²) in [5.41, 5.74) is 0.848. The number of ether oxygens (including phenoxy) is 1. The first-order valence-corrected chi connectivity index (χ1v) is 6.09. The number of aromatic nitrogens is 3. The highest BCUT2D eigenvalue weighted by Crippen LogP contribution is 2.15. The van der Waals surface area contributed by atoms with E-state index in [4.69, 9.17) is 4.74 Å². The van der Waals surface area contributed by atoms with Gasteiger partial charge in [0.1, 0.15) is 5.82 Å². The molecule has 2 aromatic heterocycles. The van der Waals surface area contributed by atoms with Crippen LogP contribution in [0.15, 0.2) is 18.6 Å². The van der Waals surface area contributed by atoms with Gasteiger partial charge in [-0.1, -0.05) is 0 Å². The molecule has 2 heterocycles. The number of methoxy groups -OCH3 is 1. The van der Waals surface area contributed by atoms with Gasteiger partial charge in [-0.2, -0.15) is 0 Å². The number of unbranched alkanes of at least 4 members (excludes halogenated alkanes) is 1. The molecular formula is C12H19N5O. The van der Waals surface area contributed by atoms with Crippen LogP contribution in [-0.4, -0.2) is 41.7 Å². The van der Waals surface area contributed by atoms with Gasteiger partial charge in [0.25, 0.3) is 0 Å². The molecule has 0 aliphatic rings. The van der Waals surface area contributed by atoms with Crippen LogP contribution in [0.2, 0.25) is 0 Å². The summed E-state index contributed by atoms with van der Waals surface area (Å²) in [6.45, 7) is 1.66. The van der Waals surface area contributed by atoms with E-state index in [0.29, 0.717) is 0 Å². The number of hydrogen-bond acceptors (Lipinski definition) is 5. The van der Waals surface area contributed by atoms with E-state index >= 15 is 0 Å². The van der Waals surface area contributed by atoms with E-state index in [1.807, 2.05) is 23.8 Å². The Kier molecular flexibility index (Phi) is 4.35. The van der Waals surface area contributed by atoms with Gasteiger partial charge in [0.15, 0.2) is 11.5 Å². The fraction of sp³-hybridized carbons (Fsp3) is 0.500.